The van der Waals surface area contributed by atoms with Crippen molar-refractivity contribution in [1.29, 1.82) is 0 Å². The molecule has 100 valence electrons. The van der Waals surface area contributed by atoms with E-state index in [1.165, 1.54) is 0 Å². The van der Waals surface area contributed by atoms with Crippen LogP contribution in [-0.4, -0.2) is 16.7 Å². The third-order valence-corrected chi connectivity index (χ3v) is 3.12. The van der Waals surface area contributed by atoms with Crippen molar-refractivity contribution in [3.63, 3.8) is 0 Å². The number of aliphatic hydroxyl groups is 1. The van der Waals surface area contributed by atoms with Crippen LogP contribution >= 0.6 is 0 Å². The molecule has 0 saturated carbocycles. The first-order valence-corrected chi connectivity index (χ1v) is 6.58. The number of para-hydroxylation sites is 1. The Morgan fingerprint density at radius 2 is 1.70 bits per heavy atom. The van der Waals surface area contributed by atoms with Crippen molar-refractivity contribution < 1.29 is 9.84 Å². The largest absolute Gasteiger partial charge is 0.439 e. The fraction of sp³-hybridized carbons (Fsp3) is 0.118. The lowest BCUT2D eigenvalue weighted by Gasteiger charge is -2.06. The van der Waals surface area contributed by atoms with Crippen LogP contribution in [0.1, 0.15) is 5.56 Å². The Hall–Kier alpha value is -2.39. The van der Waals surface area contributed by atoms with Crippen LogP contribution < -0.4 is 4.74 Å². The van der Waals surface area contributed by atoms with Gasteiger partial charge in [-0.3, -0.25) is 0 Å². The molecule has 20 heavy (non-hydrogen) atoms. The zero-order valence-corrected chi connectivity index (χ0v) is 11.0. The third-order valence-electron chi connectivity index (χ3n) is 3.12. The van der Waals surface area contributed by atoms with Crippen molar-refractivity contribution in [3.8, 4) is 11.6 Å². The topological polar surface area (TPSA) is 42.4 Å². The highest BCUT2D eigenvalue weighted by Gasteiger charge is 2.01. The van der Waals surface area contributed by atoms with E-state index in [9.17, 15) is 0 Å². The molecule has 0 unspecified atom stereocenters. The highest BCUT2D eigenvalue weighted by Crippen LogP contribution is 2.22. The molecule has 0 aliphatic heterocycles. The lowest BCUT2D eigenvalue weighted by Crippen LogP contribution is -1.91. The predicted molar refractivity (Wildman–Crippen MR) is 79.0 cm³/mol. The molecule has 0 fully saturated rings. The Morgan fingerprint density at radius 3 is 2.50 bits per heavy atom. The van der Waals surface area contributed by atoms with Gasteiger partial charge < -0.3 is 9.84 Å². The van der Waals surface area contributed by atoms with E-state index in [1.54, 1.807) is 0 Å². The summed E-state index contributed by atoms with van der Waals surface area (Å²) >= 11 is 0. The number of benzene rings is 2. The van der Waals surface area contributed by atoms with Gasteiger partial charge in [-0.15, -0.1) is 0 Å². The van der Waals surface area contributed by atoms with Crippen LogP contribution in [0.4, 0.5) is 0 Å². The average molecular weight is 265 g/mol. The molecular formula is C17H15NO2. The quantitative estimate of drug-likeness (QED) is 0.784. The minimum Gasteiger partial charge on any atom is -0.439 e. The molecule has 0 radical (unpaired) electrons. The molecular weight excluding hydrogens is 250 g/mol. The maximum atomic E-state index is 8.88. The number of pyridine rings is 1. The summed E-state index contributed by atoms with van der Waals surface area (Å²) in [6.45, 7) is 0.159. The zero-order chi connectivity index (χ0) is 13.8. The average Bonchev–Trinajstić information content (AvgIpc) is 2.49. The second-order valence-corrected chi connectivity index (χ2v) is 4.56. The van der Waals surface area contributed by atoms with Crippen molar-refractivity contribution in [1.82, 2.24) is 4.98 Å². The molecule has 0 bridgehead atoms. The first-order valence-electron chi connectivity index (χ1n) is 6.58. The van der Waals surface area contributed by atoms with E-state index in [4.69, 9.17) is 9.84 Å². The van der Waals surface area contributed by atoms with Crippen molar-refractivity contribution in [2.24, 2.45) is 0 Å². The van der Waals surface area contributed by atoms with Gasteiger partial charge in [0.2, 0.25) is 5.88 Å². The maximum absolute atomic E-state index is 8.88. The van der Waals surface area contributed by atoms with Gasteiger partial charge in [0.15, 0.2) is 0 Å². The van der Waals surface area contributed by atoms with Crippen LogP contribution in [-0.2, 0) is 6.42 Å². The van der Waals surface area contributed by atoms with Crippen LogP contribution in [0.5, 0.6) is 11.6 Å². The van der Waals surface area contributed by atoms with E-state index in [0.717, 1.165) is 22.2 Å². The van der Waals surface area contributed by atoms with Gasteiger partial charge in [-0.05, 0) is 36.2 Å². The number of nitrogens with zero attached hydrogens (tertiary/aromatic N) is 1. The molecule has 0 spiro atoms. The van der Waals surface area contributed by atoms with Crippen molar-refractivity contribution in [3.05, 3.63) is 66.2 Å². The summed E-state index contributed by atoms with van der Waals surface area (Å²) in [6.07, 6.45) is 0.661. The minimum atomic E-state index is 0.159. The molecule has 1 N–H and O–H groups in total. The molecule has 0 aliphatic carbocycles. The van der Waals surface area contributed by atoms with Crippen LogP contribution in [0, 0.1) is 0 Å². The van der Waals surface area contributed by atoms with Crippen LogP contribution in [0.2, 0.25) is 0 Å². The number of aromatic nitrogens is 1. The number of hydrogen-bond donors (Lipinski definition) is 1. The highest BCUT2D eigenvalue weighted by atomic mass is 16.5. The van der Waals surface area contributed by atoms with E-state index in [1.807, 2.05) is 60.7 Å². The Labute approximate surface area is 117 Å². The number of ether oxygens (including phenoxy) is 1. The normalized spacial score (nSPS) is 10.7. The van der Waals surface area contributed by atoms with Gasteiger partial charge in [-0.2, -0.15) is 0 Å². The lowest BCUT2D eigenvalue weighted by atomic mass is 10.1. The summed E-state index contributed by atoms with van der Waals surface area (Å²) in [5.74, 6) is 1.33. The smallest absolute Gasteiger partial charge is 0.219 e. The maximum Gasteiger partial charge on any atom is 0.219 e. The Kier molecular flexibility index (Phi) is 3.61. The number of aliphatic hydroxyl groups excluding tert-OH is 1. The summed E-state index contributed by atoms with van der Waals surface area (Å²) in [6, 6.07) is 19.5. The van der Waals surface area contributed by atoms with E-state index < -0.39 is 0 Å². The number of rotatable bonds is 4. The standard InChI is InChI=1S/C17H15NO2/c19-12-11-13-5-8-15(9-6-13)20-17-10-7-14-3-1-2-4-16(14)18-17/h1-10,19H,11-12H2. The van der Waals surface area contributed by atoms with Crippen molar-refractivity contribution in [2.45, 2.75) is 6.42 Å². The Morgan fingerprint density at radius 1 is 0.900 bits per heavy atom. The first kappa shape index (κ1) is 12.6. The Balaban J connectivity index is 1.81. The molecule has 1 heterocycles. The van der Waals surface area contributed by atoms with Crippen LogP contribution in [0.3, 0.4) is 0 Å². The molecule has 3 heteroatoms. The molecule has 3 nitrogen and oxygen atoms in total. The fourth-order valence-corrected chi connectivity index (χ4v) is 2.08. The van der Waals surface area contributed by atoms with Gasteiger partial charge in [0.25, 0.3) is 0 Å². The number of hydrogen-bond acceptors (Lipinski definition) is 3. The second kappa shape index (κ2) is 5.72. The van der Waals surface area contributed by atoms with Crippen LogP contribution in [0.25, 0.3) is 10.9 Å². The molecule has 3 aromatic rings. The van der Waals surface area contributed by atoms with E-state index in [0.29, 0.717) is 12.3 Å². The molecule has 0 atom stereocenters. The lowest BCUT2D eigenvalue weighted by molar-refractivity contribution is 0.299. The minimum absolute atomic E-state index is 0.159. The third kappa shape index (κ3) is 2.78. The van der Waals surface area contributed by atoms with Crippen LogP contribution in [0.15, 0.2) is 60.7 Å². The molecule has 3 rings (SSSR count). The van der Waals surface area contributed by atoms with E-state index >= 15 is 0 Å². The van der Waals surface area contributed by atoms with Gasteiger partial charge in [0.1, 0.15) is 5.75 Å². The van der Waals surface area contributed by atoms with Gasteiger partial charge in [0, 0.05) is 18.1 Å². The molecule has 2 aromatic carbocycles. The van der Waals surface area contributed by atoms with Crippen molar-refractivity contribution >= 4 is 10.9 Å². The molecule has 1 aromatic heterocycles. The SMILES string of the molecule is OCCc1ccc(Oc2ccc3ccccc3n2)cc1. The van der Waals surface area contributed by atoms with Gasteiger partial charge in [-0.1, -0.05) is 30.3 Å². The predicted octanol–water partition coefficient (Wildman–Crippen LogP) is 3.56. The number of fused-ring (bicyclic) bond motifs is 1. The summed E-state index contributed by atoms with van der Waals surface area (Å²) in [5.41, 5.74) is 2.01. The second-order valence-electron chi connectivity index (χ2n) is 4.56. The summed E-state index contributed by atoms with van der Waals surface area (Å²) in [7, 11) is 0. The fourth-order valence-electron chi connectivity index (χ4n) is 2.08. The van der Waals surface area contributed by atoms with Gasteiger partial charge in [0.05, 0.1) is 5.52 Å². The molecule has 0 saturated heterocycles. The highest BCUT2D eigenvalue weighted by molar-refractivity contribution is 5.78. The van der Waals surface area contributed by atoms with Crippen molar-refractivity contribution in [2.75, 3.05) is 6.61 Å². The summed E-state index contributed by atoms with van der Waals surface area (Å²) in [5, 5.41) is 9.98. The van der Waals surface area contributed by atoms with E-state index in [2.05, 4.69) is 4.98 Å². The summed E-state index contributed by atoms with van der Waals surface area (Å²) in [4.78, 5) is 4.47. The summed E-state index contributed by atoms with van der Waals surface area (Å²) < 4.78 is 5.75. The zero-order valence-electron chi connectivity index (χ0n) is 11.0. The first-order chi connectivity index (χ1) is 9.85. The monoisotopic (exact) mass is 265 g/mol. The van der Waals surface area contributed by atoms with Gasteiger partial charge >= 0.3 is 0 Å². The molecule has 0 aliphatic rings. The van der Waals surface area contributed by atoms with E-state index in [-0.39, 0.29) is 6.61 Å². The molecule has 0 amide bonds. The Bertz CT molecular complexity index is 708. The van der Waals surface area contributed by atoms with Gasteiger partial charge in [-0.25, -0.2) is 4.98 Å².